The SMILES string of the molecule is Cc1cc(C)nc(-n2nc(C)cc2NC(=O)C(C)Oc2ccc(F)cc2Br)n1. The molecule has 1 N–H and O–H groups in total. The second-order valence-corrected chi connectivity index (χ2v) is 7.21. The third kappa shape index (κ3) is 4.53. The lowest BCUT2D eigenvalue weighted by molar-refractivity contribution is -0.122. The van der Waals surface area contributed by atoms with Crippen LogP contribution in [0.25, 0.3) is 5.95 Å². The van der Waals surface area contributed by atoms with Crippen LogP contribution in [0.4, 0.5) is 10.2 Å². The van der Waals surface area contributed by atoms with Crippen LogP contribution in [0.5, 0.6) is 5.75 Å². The molecule has 3 rings (SSSR count). The topological polar surface area (TPSA) is 81.9 Å². The molecule has 0 bridgehead atoms. The monoisotopic (exact) mass is 447 g/mol. The van der Waals surface area contributed by atoms with E-state index in [-0.39, 0.29) is 5.91 Å². The molecule has 28 heavy (non-hydrogen) atoms. The average molecular weight is 448 g/mol. The van der Waals surface area contributed by atoms with E-state index in [1.165, 1.54) is 22.9 Å². The number of halogens is 2. The molecule has 1 unspecified atom stereocenters. The van der Waals surface area contributed by atoms with Crippen molar-refractivity contribution < 1.29 is 13.9 Å². The third-order valence-corrected chi connectivity index (χ3v) is 4.43. The number of benzene rings is 1. The van der Waals surface area contributed by atoms with Crippen molar-refractivity contribution in [2.24, 2.45) is 0 Å². The van der Waals surface area contributed by atoms with E-state index in [4.69, 9.17) is 4.74 Å². The molecular weight excluding hydrogens is 429 g/mol. The van der Waals surface area contributed by atoms with Crippen molar-refractivity contribution in [1.82, 2.24) is 19.7 Å². The van der Waals surface area contributed by atoms with E-state index >= 15 is 0 Å². The summed E-state index contributed by atoms with van der Waals surface area (Å²) in [6.07, 6.45) is -0.828. The van der Waals surface area contributed by atoms with Gasteiger partial charge in [0.05, 0.1) is 10.2 Å². The lowest BCUT2D eigenvalue weighted by atomic mass is 10.3. The maximum atomic E-state index is 13.2. The van der Waals surface area contributed by atoms with Gasteiger partial charge in [-0.25, -0.2) is 14.4 Å². The first kappa shape index (κ1) is 19.9. The Morgan fingerprint density at radius 3 is 2.46 bits per heavy atom. The van der Waals surface area contributed by atoms with Gasteiger partial charge in [-0.05, 0) is 67.9 Å². The summed E-state index contributed by atoms with van der Waals surface area (Å²) in [4.78, 5) is 21.4. The summed E-state index contributed by atoms with van der Waals surface area (Å²) in [6, 6.07) is 7.57. The maximum absolute atomic E-state index is 13.2. The summed E-state index contributed by atoms with van der Waals surface area (Å²) in [5.41, 5.74) is 2.30. The van der Waals surface area contributed by atoms with E-state index in [0.717, 1.165) is 11.4 Å². The largest absolute Gasteiger partial charge is 0.480 e. The van der Waals surface area contributed by atoms with Crippen LogP contribution in [0.1, 0.15) is 24.0 Å². The molecule has 9 heteroatoms. The van der Waals surface area contributed by atoms with Crippen LogP contribution in [0, 0.1) is 26.6 Å². The van der Waals surface area contributed by atoms with Crippen LogP contribution >= 0.6 is 15.9 Å². The predicted molar refractivity (Wildman–Crippen MR) is 106 cm³/mol. The minimum Gasteiger partial charge on any atom is -0.480 e. The highest BCUT2D eigenvalue weighted by Gasteiger charge is 2.20. The standard InChI is InChI=1S/C19H19BrFN5O2/c1-10-7-11(2)23-19(22-10)26-17(8-12(3)25-26)24-18(27)13(4)28-16-6-5-14(21)9-15(16)20/h5-9,13H,1-4H3,(H,24,27). The van der Waals surface area contributed by atoms with Crippen molar-refractivity contribution in [3.63, 3.8) is 0 Å². The summed E-state index contributed by atoms with van der Waals surface area (Å²) in [5, 5.41) is 7.16. The van der Waals surface area contributed by atoms with Gasteiger partial charge in [0, 0.05) is 17.5 Å². The zero-order valence-corrected chi connectivity index (χ0v) is 17.4. The lowest BCUT2D eigenvalue weighted by Gasteiger charge is -2.16. The number of carbonyl (C=O) groups is 1. The number of hydrogen-bond acceptors (Lipinski definition) is 5. The molecule has 1 atom stereocenters. The van der Waals surface area contributed by atoms with E-state index in [1.807, 2.05) is 26.8 Å². The molecule has 1 amide bonds. The summed E-state index contributed by atoms with van der Waals surface area (Å²) in [7, 11) is 0. The van der Waals surface area contributed by atoms with Crippen LogP contribution in [0.2, 0.25) is 0 Å². The van der Waals surface area contributed by atoms with E-state index in [0.29, 0.717) is 27.7 Å². The highest BCUT2D eigenvalue weighted by atomic mass is 79.9. The van der Waals surface area contributed by atoms with Crippen molar-refractivity contribution in [2.75, 3.05) is 5.32 Å². The molecule has 0 aliphatic rings. The second kappa shape index (κ2) is 8.05. The number of hydrogen-bond donors (Lipinski definition) is 1. The molecule has 2 aromatic heterocycles. The first-order chi connectivity index (χ1) is 13.2. The minimum absolute atomic E-state index is 0.367. The predicted octanol–water partition coefficient (Wildman–Crippen LogP) is 3.90. The van der Waals surface area contributed by atoms with Crippen LogP contribution < -0.4 is 10.1 Å². The van der Waals surface area contributed by atoms with E-state index in [9.17, 15) is 9.18 Å². The fraction of sp³-hybridized carbons (Fsp3) is 0.263. The molecule has 3 aromatic rings. The summed E-state index contributed by atoms with van der Waals surface area (Å²) >= 11 is 3.22. The van der Waals surface area contributed by atoms with Gasteiger partial charge >= 0.3 is 0 Å². The zero-order chi connectivity index (χ0) is 20.4. The van der Waals surface area contributed by atoms with Gasteiger partial charge in [-0.2, -0.15) is 9.78 Å². The summed E-state index contributed by atoms with van der Waals surface area (Å²) in [6.45, 7) is 7.14. The third-order valence-electron chi connectivity index (χ3n) is 3.81. The quantitative estimate of drug-likeness (QED) is 0.641. The Morgan fingerprint density at radius 1 is 1.14 bits per heavy atom. The number of nitrogens with one attached hydrogen (secondary N) is 1. The number of amides is 1. The molecule has 1 aromatic carbocycles. The molecule has 0 radical (unpaired) electrons. The Balaban J connectivity index is 1.80. The first-order valence-corrected chi connectivity index (χ1v) is 9.34. The average Bonchev–Trinajstić information content (AvgIpc) is 2.96. The highest BCUT2D eigenvalue weighted by Crippen LogP contribution is 2.26. The van der Waals surface area contributed by atoms with E-state index < -0.39 is 11.9 Å². The van der Waals surface area contributed by atoms with Gasteiger partial charge in [-0.1, -0.05) is 0 Å². The van der Waals surface area contributed by atoms with Crippen LogP contribution in [0.3, 0.4) is 0 Å². The van der Waals surface area contributed by atoms with Gasteiger partial charge in [-0.3, -0.25) is 4.79 Å². The van der Waals surface area contributed by atoms with Gasteiger partial charge < -0.3 is 10.1 Å². The number of carbonyl (C=O) groups excluding carboxylic acids is 1. The molecule has 0 spiro atoms. The Morgan fingerprint density at radius 2 is 1.82 bits per heavy atom. The van der Waals surface area contributed by atoms with Gasteiger partial charge in [0.2, 0.25) is 0 Å². The van der Waals surface area contributed by atoms with Crippen molar-refractivity contribution in [3.05, 3.63) is 57.7 Å². The smallest absolute Gasteiger partial charge is 0.266 e. The van der Waals surface area contributed by atoms with E-state index in [1.54, 1.807) is 13.0 Å². The molecule has 0 aliphatic heterocycles. The molecule has 2 heterocycles. The fourth-order valence-electron chi connectivity index (χ4n) is 2.59. The Labute approximate surface area is 170 Å². The Kier molecular flexibility index (Phi) is 5.73. The molecular formula is C19H19BrFN5O2. The van der Waals surface area contributed by atoms with Crippen molar-refractivity contribution in [3.8, 4) is 11.7 Å². The number of aryl methyl sites for hydroxylation is 3. The van der Waals surface area contributed by atoms with Crippen molar-refractivity contribution >= 4 is 27.7 Å². The summed E-state index contributed by atoms with van der Waals surface area (Å²) < 4.78 is 20.8. The fourth-order valence-corrected chi connectivity index (χ4v) is 3.03. The molecule has 0 saturated heterocycles. The van der Waals surface area contributed by atoms with Gasteiger partial charge in [-0.15, -0.1) is 0 Å². The highest BCUT2D eigenvalue weighted by molar-refractivity contribution is 9.10. The lowest BCUT2D eigenvalue weighted by Crippen LogP contribution is -2.31. The zero-order valence-electron chi connectivity index (χ0n) is 15.8. The molecule has 146 valence electrons. The van der Waals surface area contributed by atoms with Crippen molar-refractivity contribution in [1.29, 1.82) is 0 Å². The van der Waals surface area contributed by atoms with Crippen LogP contribution in [-0.4, -0.2) is 31.8 Å². The first-order valence-electron chi connectivity index (χ1n) is 8.55. The number of anilines is 1. The number of aromatic nitrogens is 4. The Bertz CT molecular complexity index is 1020. The van der Waals surface area contributed by atoms with Crippen LogP contribution in [-0.2, 0) is 4.79 Å². The maximum Gasteiger partial charge on any atom is 0.266 e. The molecule has 0 aliphatic carbocycles. The normalized spacial score (nSPS) is 11.9. The van der Waals surface area contributed by atoms with Gasteiger partial charge in [0.1, 0.15) is 17.4 Å². The van der Waals surface area contributed by atoms with E-state index in [2.05, 4.69) is 36.3 Å². The van der Waals surface area contributed by atoms with Gasteiger partial charge in [0.25, 0.3) is 11.9 Å². The number of rotatable bonds is 5. The number of nitrogens with zero attached hydrogens (tertiary/aromatic N) is 4. The number of ether oxygens (including phenoxy) is 1. The summed E-state index contributed by atoms with van der Waals surface area (Å²) in [5.74, 6) is 0.383. The minimum atomic E-state index is -0.828. The van der Waals surface area contributed by atoms with Gasteiger partial charge in [0.15, 0.2) is 6.10 Å². The second-order valence-electron chi connectivity index (χ2n) is 6.36. The Hall–Kier alpha value is -2.81. The van der Waals surface area contributed by atoms with Crippen molar-refractivity contribution in [2.45, 2.75) is 33.8 Å². The van der Waals surface area contributed by atoms with Crippen LogP contribution in [0.15, 0.2) is 34.8 Å². The molecule has 0 saturated carbocycles. The molecule has 7 nitrogen and oxygen atoms in total. The molecule has 0 fully saturated rings.